The second-order valence-electron chi connectivity index (χ2n) is 7.71. The van der Waals surface area contributed by atoms with Crippen molar-refractivity contribution in [1.82, 2.24) is 4.90 Å². The number of nitrogens with zero attached hydrogens (tertiary/aromatic N) is 1. The van der Waals surface area contributed by atoms with Gasteiger partial charge in [-0.1, -0.05) is 0 Å². The highest BCUT2D eigenvalue weighted by molar-refractivity contribution is 6.46. The Morgan fingerprint density at radius 2 is 1.84 bits per heavy atom. The number of H-pyrrole nitrogens is 1. The lowest BCUT2D eigenvalue weighted by Gasteiger charge is -2.26. The number of methoxy groups -OCH3 is 1. The summed E-state index contributed by atoms with van der Waals surface area (Å²) in [7, 11) is 1.57. The first kappa shape index (κ1) is 22.5. The summed E-state index contributed by atoms with van der Waals surface area (Å²) in [6.45, 7) is 9.09. The number of likely N-dealkylation sites (N-methyl/N-ethyl adjacent to an activating group) is 1. The van der Waals surface area contributed by atoms with Crippen molar-refractivity contribution in [2.75, 3.05) is 33.3 Å². The van der Waals surface area contributed by atoms with Crippen LogP contribution in [-0.4, -0.2) is 55.0 Å². The number of benzene rings is 1. The molecule has 31 heavy (non-hydrogen) atoms. The van der Waals surface area contributed by atoms with E-state index in [1.807, 2.05) is 19.1 Å². The van der Waals surface area contributed by atoms with E-state index < -0.39 is 17.7 Å². The van der Waals surface area contributed by atoms with Crippen LogP contribution in [0.4, 0.5) is 0 Å². The predicted molar refractivity (Wildman–Crippen MR) is 117 cm³/mol. The van der Waals surface area contributed by atoms with Gasteiger partial charge in [0.1, 0.15) is 11.5 Å². The molecule has 2 aromatic rings. The molecule has 0 saturated carbocycles. The minimum Gasteiger partial charge on any atom is -0.507 e. The van der Waals surface area contributed by atoms with Crippen molar-refractivity contribution >= 4 is 17.4 Å². The normalized spacial score (nSPS) is 18.1. The van der Waals surface area contributed by atoms with Gasteiger partial charge in [-0.15, -0.1) is 0 Å². The summed E-state index contributed by atoms with van der Waals surface area (Å²) >= 11 is 0. The molecule has 1 atom stereocenters. The van der Waals surface area contributed by atoms with Gasteiger partial charge in [-0.3, -0.25) is 9.59 Å². The second-order valence-corrected chi connectivity index (χ2v) is 7.71. The maximum atomic E-state index is 13.1. The van der Waals surface area contributed by atoms with E-state index in [0.29, 0.717) is 17.9 Å². The Morgan fingerprint density at radius 1 is 1.16 bits per heavy atom. The number of rotatable bonds is 8. The lowest BCUT2D eigenvalue weighted by atomic mass is 9.94. The van der Waals surface area contributed by atoms with Gasteiger partial charge < -0.3 is 19.6 Å². The smallest absolute Gasteiger partial charge is 0.295 e. The molecule has 1 unspecified atom stereocenters. The third-order valence-corrected chi connectivity index (χ3v) is 5.99. The number of Topliss-reactive ketones (excluding diaryl/α,β-unsaturated/α-hetero) is 1. The molecule has 0 bridgehead atoms. The van der Waals surface area contributed by atoms with Gasteiger partial charge >= 0.3 is 0 Å². The molecule has 0 aliphatic carbocycles. The molecule has 1 aromatic heterocycles. The Balaban J connectivity index is 2.10. The van der Waals surface area contributed by atoms with Gasteiger partial charge in [-0.25, -0.2) is 4.98 Å². The van der Waals surface area contributed by atoms with Crippen LogP contribution in [0.5, 0.6) is 5.75 Å². The zero-order valence-corrected chi connectivity index (χ0v) is 18.6. The quantitative estimate of drug-likeness (QED) is 0.378. The van der Waals surface area contributed by atoms with Crippen LogP contribution in [0.25, 0.3) is 5.76 Å². The Labute approximate surface area is 183 Å². The first-order chi connectivity index (χ1) is 14.9. The van der Waals surface area contributed by atoms with Gasteiger partial charge in [0.25, 0.3) is 11.7 Å². The van der Waals surface area contributed by atoms with E-state index in [1.54, 1.807) is 42.6 Å². The molecule has 3 rings (SSSR count). The van der Waals surface area contributed by atoms with Crippen molar-refractivity contribution in [3.63, 3.8) is 0 Å². The summed E-state index contributed by atoms with van der Waals surface area (Å²) in [5.41, 5.74) is 2.18. The molecule has 2 heterocycles. The standard InChI is InChI=1S/C24H29N3O4/c1-5-26(6-2)13-14-27-21(17-9-11-25-12-10-17)20(23(29)24(27)30)22(28)19-8-7-18(31-4)15-16(19)3/h7-12,15,21,28H,5-6,13-14H2,1-4H3/p+2. The topological polar surface area (TPSA) is 85.4 Å². The predicted octanol–water partition coefficient (Wildman–Crippen LogP) is 1.16. The molecule has 164 valence electrons. The Hall–Kier alpha value is -3.19. The van der Waals surface area contributed by atoms with Gasteiger partial charge in [0.2, 0.25) is 0 Å². The van der Waals surface area contributed by atoms with Crippen LogP contribution in [0, 0.1) is 6.92 Å². The summed E-state index contributed by atoms with van der Waals surface area (Å²) in [4.78, 5) is 32.0. The number of carbonyl (C=O) groups excluding carboxylic acids is 2. The van der Waals surface area contributed by atoms with Gasteiger partial charge in [0, 0.05) is 17.7 Å². The SMILES string of the molecule is CC[NH+](CC)CCN1C(=O)C(=O)C(=C(O)c2ccc(OC)cc2C)C1c1cc[nH+]cc1. The summed E-state index contributed by atoms with van der Waals surface area (Å²) in [6, 6.07) is 8.28. The molecule has 1 saturated heterocycles. The summed E-state index contributed by atoms with van der Waals surface area (Å²) in [5, 5.41) is 11.2. The number of hydrogen-bond donors (Lipinski definition) is 2. The summed E-state index contributed by atoms with van der Waals surface area (Å²) in [5.74, 6) is -0.724. The van der Waals surface area contributed by atoms with E-state index in [0.717, 1.165) is 30.8 Å². The van der Waals surface area contributed by atoms with Gasteiger partial charge in [-0.2, -0.15) is 0 Å². The summed E-state index contributed by atoms with van der Waals surface area (Å²) in [6.07, 6.45) is 3.51. The zero-order valence-electron chi connectivity index (χ0n) is 18.6. The molecule has 3 N–H and O–H groups in total. The van der Waals surface area contributed by atoms with E-state index in [4.69, 9.17) is 4.74 Å². The van der Waals surface area contributed by atoms with E-state index >= 15 is 0 Å². The van der Waals surface area contributed by atoms with E-state index in [1.165, 1.54) is 4.90 Å². The monoisotopic (exact) mass is 425 g/mol. The van der Waals surface area contributed by atoms with Gasteiger partial charge in [0.05, 0.1) is 44.9 Å². The molecule has 0 radical (unpaired) electrons. The highest BCUT2D eigenvalue weighted by atomic mass is 16.5. The molecule has 0 spiro atoms. The van der Waals surface area contributed by atoms with Crippen molar-refractivity contribution in [2.45, 2.75) is 26.8 Å². The van der Waals surface area contributed by atoms with Crippen LogP contribution >= 0.6 is 0 Å². The Morgan fingerprint density at radius 3 is 2.42 bits per heavy atom. The van der Waals surface area contributed by atoms with Crippen LogP contribution in [0.3, 0.4) is 0 Å². The molecule has 7 nitrogen and oxygen atoms in total. The number of aromatic amines is 1. The van der Waals surface area contributed by atoms with Gasteiger partial charge in [-0.05, 0) is 50.1 Å². The number of ether oxygens (including phenoxy) is 1. The molecular formula is C24H31N3O4+2. The van der Waals surface area contributed by atoms with E-state index in [2.05, 4.69) is 18.8 Å². The van der Waals surface area contributed by atoms with Crippen LogP contribution in [-0.2, 0) is 9.59 Å². The van der Waals surface area contributed by atoms with Crippen LogP contribution in [0.2, 0.25) is 0 Å². The maximum absolute atomic E-state index is 13.1. The number of aliphatic hydroxyl groups is 1. The van der Waals surface area contributed by atoms with Gasteiger partial charge in [0.15, 0.2) is 12.4 Å². The number of aryl methyl sites for hydroxylation is 1. The van der Waals surface area contributed by atoms with Crippen LogP contribution in [0.1, 0.15) is 36.6 Å². The highest BCUT2D eigenvalue weighted by Crippen LogP contribution is 2.39. The number of likely N-dealkylation sites (tertiary alicyclic amines) is 1. The number of ketones is 1. The number of aliphatic hydroxyl groups excluding tert-OH is 1. The van der Waals surface area contributed by atoms with Crippen LogP contribution < -0.4 is 14.6 Å². The molecule has 7 heteroatoms. The molecule has 1 aliphatic rings. The minimum atomic E-state index is -0.653. The molecule has 1 aliphatic heterocycles. The number of quaternary nitrogens is 1. The maximum Gasteiger partial charge on any atom is 0.295 e. The number of carbonyl (C=O) groups is 2. The number of amides is 1. The summed E-state index contributed by atoms with van der Waals surface area (Å²) < 4.78 is 5.24. The molecular weight excluding hydrogens is 394 g/mol. The van der Waals surface area contributed by atoms with Crippen molar-refractivity contribution < 1.29 is 29.3 Å². The van der Waals surface area contributed by atoms with E-state index in [9.17, 15) is 14.7 Å². The molecule has 1 amide bonds. The highest BCUT2D eigenvalue weighted by Gasteiger charge is 2.46. The lowest BCUT2D eigenvalue weighted by Crippen LogP contribution is -3.12. The third kappa shape index (κ3) is 4.46. The fourth-order valence-corrected chi connectivity index (χ4v) is 4.10. The van der Waals surface area contributed by atoms with Crippen molar-refractivity contribution in [2.24, 2.45) is 0 Å². The third-order valence-electron chi connectivity index (χ3n) is 5.99. The second kappa shape index (κ2) is 9.75. The zero-order chi connectivity index (χ0) is 22.5. The number of aromatic nitrogens is 1. The van der Waals surface area contributed by atoms with Crippen molar-refractivity contribution in [1.29, 1.82) is 0 Å². The average Bonchev–Trinajstić information content (AvgIpc) is 3.04. The number of nitrogens with one attached hydrogen (secondary N) is 2. The fourth-order valence-electron chi connectivity index (χ4n) is 4.10. The number of pyridine rings is 1. The van der Waals surface area contributed by atoms with Crippen LogP contribution in [0.15, 0.2) is 48.3 Å². The Kier molecular flexibility index (Phi) is 7.07. The average molecular weight is 426 g/mol. The van der Waals surface area contributed by atoms with Crippen molar-refractivity contribution in [3.05, 3.63) is 65.0 Å². The Bertz CT molecular complexity index is 984. The molecule has 1 fully saturated rings. The first-order valence-electron chi connectivity index (χ1n) is 10.7. The van der Waals surface area contributed by atoms with E-state index in [-0.39, 0.29) is 11.3 Å². The van der Waals surface area contributed by atoms with Crippen molar-refractivity contribution in [3.8, 4) is 5.75 Å². The lowest BCUT2D eigenvalue weighted by molar-refractivity contribution is -0.895. The minimum absolute atomic E-state index is 0.124. The number of hydrogen-bond acceptors (Lipinski definition) is 4. The fraction of sp³-hybridized carbons (Fsp3) is 0.375. The first-order valence-corrected chi connectivity index (χ1v) is 10.7. The molecule has 1 aromatic carbocycles. The largest absolute Gasteiger partial charge is 0.507 e.